The third kappa shape index (κ3) is 3.64. The lowest BCUT2D eigenvalue weighted by Crippen LogP contribution is -2.35. The van der Waals surface area contributed by atoms with Crippen LogP contribution in [0.1, 0.15) is 18.9 Å². The molecule has 30 heavy (non-hydrogen) atoms. The lowest BCUT2D eigenvalue weighted by Gasteiger charge is -2.16. The van der Waals surface area contributed by atoms with Gasteiger partial charge in [-0.15, -0.1) is 0 Å². The van der Waals surface area contributed by atoms with Crippen LogP contribution in [-0.4, -0.2) is 40.0 Å². The highest BCUT2D eigenvalue weighted by Crippen LogP contribution is 2.44. The van der Waals surface area contributed by atoms with Crippen molar-refractivity contribution in [2.45, 2.75) is 13.3 Å². The standard InChI is InChI=1S/C22H19N3O3S2/c1-2-12-24-21(28)19(30-22(24)29)18-15-10-6-7-11-16(15)25(20(18)27)13-17(26)23-14-8-4-3-5-9-14/h3-11H,2,12-13H2,1H3,(H,23,26)/b19-18-. The topological polar surface area (TPSA) is 69.7 Å². The Balaban J connectivity index is 1.66. The van der Waals surface area contributed by atoms with E-state index < -0.39 is 0 Å². The van der Waals surface area contributed by atoms with Gasteiger partial charge in [-0.1, -0.05) is 67.3 Å². The van der Waals surface area contributed by atoms with Gasteiger partial charge in [0.2, 0.25) is 5.91 Å². The van der Waals surface area contributed by atoms with E-state index in [0.29, 0.717) is 38.3 Å². The highest BCUT2D eigenvalue weighted by Gasteiger charge is 2.42. The molecule has 0 bridgehead atoms. The molecule has 0 aromatic heterocycles. The third-order valence-electron chi connectivity index (χ3n) is 4.81. The molecule has 1 saturated heterocycles. The molecule has 0 aliphatic carbocycles. The van der Waals surface area contributed by atoms with Gasteiger partial charge >= 0.3 is 0 Å². The molecule has 0 unspecified atom stereocenters. The molecule has 3 amide bonds. The van der Waals surface area contributed by atoms with Gasteiger partial charge in [-0.2, -0.15) is 0 Å². The highest BCUT2D eigenvalue weighted by atomic mass is 32.2. The fourth-order valence-electron chi connectivity index (χ4n) is 3.49. The normalized spacial score (nSPS) is 18.2. The Morgan fingerprint density at radius 1 is 1.00 bits per heavy atom. The number of para-hydroxylation sites is 2. The van der Waals surface area contributed by atoms with Gasteiger partial charge < -0.3 is 5.32 Å². The van der Waals surface area contributed by atoms with Crippen molar-refractivity contribution in [1.82, 2.24) is 4.90 Å². The van der Waals surface area contributed by atoms with E-state index in [9.17, 15) is 14.4 Å². The van der Waals surface area contributed by atoms with Crippen LogP contribution < -0.4 is 10.2 Å². The largest absolute Gasteiger partial charge is 0.325 e. The number of nitrogens with one attached hydrogen (secondary N) is 1. The number of anilines is 2. The molecule has 0 atom stereocenters. The number of nitrogens with zero attached hydrogens (tertiary/aromatic N) is 2. The fraction of sp³-hybridized carbons (Fsp3) is 0.182. The van der Waals surface area contributed by atoms with Crippen molar-refractivity contribution in [1.29, 1.82) is 0 Å². The lowest BCUT2D eigenvalue weighted by atomic mass is 10.1. The maximum Gasteiger partial charge on any atom is 0.267 e. The van der Waals surface area contributed by atoms with Crippen molar-refractivity contribution in [3.8, 4) is 0 Å². The van der Waals surface area contributed by atoms with E-state index in [-0.39, 0.29) is 24.3 Å². The first-order valence-electron chi connectivity index (χ1n) is 9.55. The van der Waals surface area contributed by atoms with E-state index in [1.54, 1.807) is 30.3 Å². The zero-order valence-corrected chi connectivity index (χ0v) is 17.9. The maximum absolute atomic E-state index is 13.3. The number of amides is 3. The number of benzene rings is 2. The van der Waals surface area contributed by atoms with Crippen LogP contribution in [0.5, 0.6) is 0 Å². The van der Waals surface area contributed by atoms with Crippen LogP contribution in [-0.2, 0) is 14.4 Å². The number of hydrogen-bond acceptors (Lipinski definition) is 5. The van der Waals surface area contributed by atoms with Gasteiger partial charge in [0.05, 0.1) is 16.2 Å². The first kappa shape index (κ1) is 20.3. The maximum atomic E-state index is 13.3. The molecule has 2 heterocycles. The molecule has 1 fully saturated rings. The zero-order valence-electron chi connectivity index (χ0n) is 16.3. The van der Waals surface area contributed by atoms with Gasteiger partial charge in [-0.25, -0.2) is 0 Å². The number of thiocarbonyl (C=S) groups is 1. The van der Waals surface area contributed by atoms with Crippen LogP contribution in [0.15, 0.2) is 59.5 Å². The van der Waals surface area contributed by atoms with Crippen molar-refractivity contribution in [3.63, 3.8) is 0 Å². The summed E-state index contributed by atoms with van der Waals surface area (Å²) in [6.45, 7) is 2.33. The predicted octanol–water partition coefficient (Wildman–Crippen LogP) is 3.65. The van der Waals surface area contributed by atoms with Crippen molar-refractivity contribution >= 4 is 63.0 Å². The van der Waals surface area contributed by atoms with Gasteiger partial charge in [-0.05, 0) is 24.6 Å². The summed E-state index contributed by atoms with van der Waals surface area (Å²) in [4.78, 5) is 42.1. The van der Waals surface area contributed by atoms with Crippen molar-refractivity contribution < 1.29 is 14.4 Å². The Hall–Kier alpha value is -2.97. The minimum Gasteiger partial charge on any atom is -0.325 e. The number of carbonyl (C=O) groups is 3. The molecule has 6 nitrogen and oxygen atoms in total. The third-order valence-corrected chi connectivity index (χ3v) is 6.25. The average Bonchev–Trinajstić information content (AvgIpc) is 3.17. The molecule has 2 aromatic carbocycles. The molecule has 8 heteroatoms. The van der Waals surface area contributed by atoms with E-state index in [1.165, 1.54) is 9.80 Å². The zero-order chi connectivity index (χ0) is 21.3. The highest BCUT2D eigenvalue weighted by molar-refractivity contribution is 8.26. The second-order valence-corrected chi connectivity index (χ2v) is 8.50. The second kappa shape index (κ2) is 8.41. The average molecular weight is 438 g/mol. The summed E-state index contributed by atoms with van der Waals surface area (Å²) in [6, 6.07) is 16.3. The van der Waals surface area contributed by atoms with E-state index in [4.69, 9.17) is 12.2 Å². The van der Waals surface area contributed by atoms with Gasteiger partial charge in [0, 0.05) is 17.8 Å². The summed E-state index contributed by atoms with van der Waals surface area (Å²) in [5.41, 5.74) is 2.23. The molecular formula is C22H19N3O3S2. The Labute approximate surface area is 183 Å². The molecule has 152 valence electrons. The van der Waals surface area contributed by atoms with E-state index in [0.717, 1.165) is 18.2 Å². The quantitative estimate of drug-likeness (QED) is 0.571. The second-order valence-electron chi connectivity index (χ2n) is 6.85. The molecule has 0 radical (unpaired) electrons. The summed E-state index contributed by atoms with van der Waals surface area (Å²) >= 11 is 6.50. The Kier molecular flexibility index (Phi) is 5.69. The van der Waals surface area contributed by atoms with Crippen molar-refractivity contribution in [2.24, 2.45) is 0 Å². The molecule has 2 aliphatic heterocycles. The number of carbonyl (C=O) groups excluding carboxylic acids is 3. The summed E-state index contributed by atoms with van der Waals surface area (Å²) < 4.78 is 0.454. The van der Waals surface area contributed by atoms with E-state index in [1.807, 2.05) is 31.2 Å². The number of rotatable bonds is 5. The molecule has 0 spiro atoms. The van der Waals surface area contributed by atoms with Gasteiger partial charge in [0.1, 0.15) is 10.9 Å². The smallest absolute Gasteiger partial charge is 0.267 e. The van der Waals surface area contributed by atoms with Crippen LogP contribution >= 0.6 is 24.0 Å². The minimum atomic E-state index is -0.364. The van der Waals surface area contributed by atoms with Crippen LogP contribution in [0.2, 0.25) is 0 Å². The first-order valence-corrected chi connectivity index (χ1v) is 10.8. The summed E-state index contributed by atoms with van der Waals surface area (Å²) in [7, 11) is 0. The summed E-state index contributed by atoms with van der Waals surface area (Å²) in [5.74, 6) is -0.930. The van der Waals surface area contributed by atoms with Crippen LogP contribution in [0.3, 0.4) is 0 Å². The molecule has 4 rings (SSSR count). The molecule has 2 aliphatic rings. The Morgan fingerprint density at radius 3 is 2.43 bits per heavy atom. The number of fused-ring (bicyclic) bond motifs is 1. The van der Waals surface area contributed by atoms with Gasteiger partial charge in [0.15, 0.2) is 0 Å². The van der Waals surface area contributed by atoms with Crippen LogP contribution in [0.25, 0.3) is 5.57 Å². The van der Waals surface area contributed by atoms with Crippen molar-refractivity contribution in [3.05, 3.63) is 65.1 Å². The van der Waals surface area contributed by atoms with Crippen LogP contribution in [0.4, 0.5) is 11.4 Å². The van der Waals surface area contributed by atoms with Crippen LogP contribution in [0, 0.1) is 0 Å². The summed E-state index contributed by atoms with van der Waals surface area (Å²) in [6.07, 6.45) is 0.769. The Bertz CT molecular complexity index is 1080. The molecular weight excluding hydrogens is 418 g/mol. The first-order chi connectivity index (χ1) is 14.5. The van der Waals surface area contributed by atoms with E-state index in [2.05, 4.69) is 5.32 Å². The number of thioether (sulfide) groups is 1. The molecule has 0 saturated carbocycles. The van der Waals surface area contributed by atoms with E-state index >= 15 is 0 Å². The predicted molar refractivity (Wildman–Crippen MR) is 123 cm³/mol. The number of hydrogen-bond donors (Lipinski definition) is 1. The van der Waals surface area contributed by atoms with Crippen molar-refractivity contribution in [2.75, 3.05) is 23.3 Å². The molecule has 2 aromatic rings. The van der Waals surface area contributed by atoms with Gasteiger partial charge in [-0.3, -0.25) is 24.2 Å². The monoisotopic (exact) mass is 437 g/mol. The fourth-order valence-corrected chi connectivity index (χ4v) is 4.87. The lowest BCUT2D eigenvalue weighted by molar-refractivity contribution is -0.122. The van der Waals surface area contributed by atoms with Gasteiger partial charge in [0.25, 0.3) is 11.8 Å². The SMILES string of the molecule is CCCN1C(=O)/C(=C2/C(=O)N(CC(=O)Nc3ccccc3)c3ccccc32)SC1=S. The Morgan fingerprint density at radius 2 is 1.70 bits per heavy atom. The summed E-state index contributed by atoms with van der Waals surface area (Å²) in [5, 5.41) is 2.79. The minimum absolute atomic E-state index is 0.149. The molecule has 1 N–H and O–H groups in total.